The molecule has 0 aliphatic carbocycles. The van der Waals surface area contributed by atoms with Crippen LogP contribution in [0.3, 0.4) is 0 Å². The van der Waals surface area contributed by atoms with E-state index in [-0.39, 0.29) is 45.3 Å². The second-order valence-corrected chi connectivity index (χ2v) is 14.0. The molecule has 0 aliphatic heterocycles. The van der Waals surface area contributed by atoms with Crippen LogP contribution in [0.5, 0.6) is 11.5 Å². The van der Waals surface area contributed by atoms with Crippen LogP contribution in [0.15, 0.2) is 146 Å². The first-order chi connectivity index (χ1) is 26.4. The maximum Gasteiger partial charge on any atom is 0.218 e. The van der Waals surface area contributed by atoms with E-state index < -0.39 is 0 Å². The quantitative estimate of drug-likeness (QED) is 0.0683. The predicted octanol–water partition coefficient (Wildman–Crippen LogP) is 14.8. The smallest absolute Gasteiger partial charge is 0.218 e. The molecule has 7 rings (SSSR count). The van der Waals surface area contributed by atoms with Gasteiger partial charge in [0, 0.05) is 31.9 Å². The van der Waals surface area contributed by atoms with Crippen LogP contribution in [-0.4, -0.2) is 32.2 Å². The van der Waals surface area contributed by atoms with E-state index in [1.54, 1.807) is 78.9 Å². The summed E-state index contributed by atoms with van der Waals surface area (Å²) in [4.78, 5) is 8.68. The third kappa shape index (κ3) is 8.65. The Bertz CT molecular complexity index is 2790. The van der Waals surface area contributed by atoms with Gasteiger partial charge < -0.3 is 20.4 Å². The summed E-state index contributed by atoms with van der Waals surface area (Å²) in [6, 6.07) is 30.0. The summed E-state index contributed by atoms with van der Waals surface area (Å²) in [7, 11) is 0. The second kappa shape index (κ2) is 15.9. The van der Waals surface area contributed by atoms with Gasteiger partial charge in [-0.3, -0.25) is 0 Å². The largest absolute Gasteiger partial charge is 0.508 e. The van der Waals surface area contributed by atoms with Crippen LogP contribution in [0.4, 0.5) is 34.1 Å². The van der Waals surface area contributed by atoms with Gasteiger partial charge in [0.1, 0.15) is 22.9 Å². The molecule has 0 heterocycles. The third-order valence-electron chi connectivity index (χ3n) is 8.09. The zero-order valence-corrected chi connectivity index (χ0v) is 31.6. The summed E-state index contributed by atoms with van der Waals surface area (Å²) in [6.45, 7) is 0. The lowest BCUT2D eigenvalue weighted by Gasteiger charge is -2.08. The van der Waals surface area contributed by atoms with Gasteiger partial charge in [-0.2, -0.15) is 0 Å². The number of aliphatic imine (C=N–C) groups is 2. The van der Waals surface area contributed by atoms with Gasteiger partial charge in [0.25, 0.3) is 0 Å². The molecule has 0 amide bonds. The Morgan fingerprint density at radius 2 is 0.873 bits per heavy atom. The number of azo groups is 2. The molecule has 0 fully saturated rings. The lowest BCUT2D eigenvalue weighted by Crippen LogP contribution is -1.99. The summed E-state index contributed by atoms with van der Waals surface area (Å²) in [5, 5.41) is 63.8. The van der Waals surface area contributed by atoms with Crippen LogP contribution in [0, 0.1) is 0 Å². The molecule has 7 aromatic carbocycles. The third-order valence-corrected chi connectivity index (χ3v) is 9.50. The molecule has 0 bridgehead atoms. The molecule has 0 saturated carbocycles. The zero-order valence-electron chi connectivity index (χ0n) is 27.8. The van der Waals surface area contributed by atoms with Crippen molar-refractivity contribution < 1.29 is 20.4 Å². The summed E-state index contributed by atoms with van der Waals surface area (Å²) < 4.78 is 0. The molecule has 0 aromatic heterocycles. The van der Waals surface area contributed by atoms with Crippen LogP contribution in [0.25, 0.3) is 21.5 Å². The predicted molar refractivity (Wildman–Crippen MR) is 222 cm³/mol. The molecule has 272 valence electrons. The molecule has 55 heavy (non-hydrogen) atoms. The molecule has 0 radical (unpaired) electrons. The highest BCUT2D eigenvalue weighted by Crippen LogP contribution is 2.37. The summed E-state index contributed by atoms with van der Waals surface area (Å²) in [6.07, 6.45) is 0. The van der Waals surface area contributed by atoms with Crippen molar-refractivity contribution >= 4 is 125 Å². The summed E-state index contributed by atoms with van der Waals surface area (Å²) in [5.74, 6) is -0.701. The Hall–Kier alpha value is -5.75. The molecular weight excluding hydrogens is 806 g/mol. The number of rotatable bonds is 8. The molecule has 10 nitrogen and oxygen atoms in total. The fourth-order valence-corrected chi connectivity index (χ4v) is 6.30. The maximum absolute atomic E-state index is 11.2. The lowest BCUT2D eigenvalue weighted by molar-refractivity contribution is 0.475. The number of benzene rings is 7. The average Bonchev–Trinajstić information content (AvgIpc) is 3.16. The Balaban J connectivity index is 1.20. The molecule has 0 spiro atoms. The number of nitrogens with zero attached hydrogens (tertiary/aromatic N) is 6. The van der Waals surface area contributed by atoms with Gasteiger partial charge in [-0.25, -0.2) is 9.98 Å². The number of aliphatic hydroxyl groups is 2. The minimum absolute atomic E-state index is 0.0157. The van der Waals surface area contributed by atoms with Crippen LogP contribution in [-0.2, 0) is 0 Å². The SMILES string of the molecule is OC(=Nc1ccc(N=C(O)c2cc(N=Nc3cc(Cl)ccc3Cl)c3cc(O)ccc3c2)c(Cl)c1)c1cc(N=Nc2cc(Cl)ccc2Cl)c2cc(O)ccc2c1. The van der Waals surface area contributed by atoms with Gasteiger partial charge in [-0.1, -0.05) is 70.1 Å². The molecule has 4 N–H and O–H groups in total. The average molecular weight is 829 g/mol. The first-order valence-corrected chi connectivity index (χ1v) is 17.9. The number of hydrogen-bond donors (Lipinski definition) is 4. The van der Waals surface area contributed by atoms with Crippen molar-refractivity contribution in [3.63, 3.8) is 0 Å². The summed E-state index contributed by atoms with van der Waals surface area (Å²) in [5.41, 5.74) is 2.39. The van der Waals surface area contributed by atoms with E-state index in [9.17, 15) is 20.4 Å². The minimum Gasteiger partial charge on any atom is -0.508 e. The number of phenolic OH excluding ortho intramolecular Hbond substituents is 2. The van der Waals surface area contributed by atoms with Crippen molar-refractivity contribution in [2.24, 2.45) is 30.4 Å². The van der Waals surface area contributed by atoms with Crippen LogP contribution in [0.2, 0.25) is 25.1 Å². The fraction of sp³-hybridized carbons (Fsp3) is 0. The molecular formula is C40H23Cl5N6O4. The van der Waals surface area contributed by atoms with Crippen molar-refractivity contribution in [1.29, 1.82) is 0 Å². The number of fused-ring (bicyclic) bond motifs is 2. The Morgan fingerprint density at radius 3 is 1.36 bits per heavy atom. The Morgan fingerprint density at radius 1 is 0.400 bits per heavy atom. The lowest BCUT2D eigenvalue weighted by atomic mass is 10.0. The van der Waals surface area contributed by atoms with E-state index in [2.05, 4.69) is 30.4 Å². The highest BCUT2D eigenvalue weighted by molar-refractivity contribution is 6.35. The first-order valence-electron chi connectivity index (χ1n) is 16.0. The van der Waals surface area contributed by atoms with Crippen molar-refractivity contribution in [2.45, 2.75) is 0 Å². The van der Waals surface area contributed by atoms with Gasteiger partial charge in [0.15, 0.2) is 0 Å². The van der Waals surface area contributed by atoms with E-state index >= 15 is 0 Å². The monoisotopic (exact) mass is 826 g/mol. The number of aromatic hydroxyl groups is 2. The van der Waals surface area contributed by atoms with Gasteiger partial charge in [0.2, 0.25) is 11.8 Å². The van der Waals surface area contributed by atoms with E-state index in [4.69, 9.17) is 58.0 Å². The van der Waals surface area contributed by atoms with Crippen molar-refractivity contribution in [3.05, 3.63) is 152 Å². The molecule has 0 aliphatic rings. The molecule has 0 unspecified atom stereocenters. The highest BCUT2D eigenvalue weighted by atomic mass is 35.5. The number of hydrogen-bond acceptors (Lipinski definition) is 8. The van der Waals surface area contributed by atoms with Gasteiger partial charge in [-0.05, 0) is 114 Å². The highest BCUT2D eigenvalue weighted by Gasteiger charge is 2.14. The fourth-order valence-electron chi connectivity index (χ4n) is 5.44. The van der Waals surface area contributed by atoms with Crippen molar-refractivity contribution in [3.8, 4) is 11.5 Å². The molecule has 0 saturated heterocycles. The van der Waals surface area contributed by atoms with Crippen molar-refractivity contribution in [1.82, 2.24) is 0 Å². The van der Waals surface area contributed by atoms with E-state index in [1.807, 2.05) is 0 Å². The number of halogens is 5. The second-order valence-electron chi connectivity index (χ2n) is 11.9. The van der Waals surface area contributed by atoms with Crippen LogP contribution in [0.1, 0.15) is 11.1 Å². The number of aliphatic hydroxyl groups excluding tert-OH is 2. The zero-order chi connectivity index (χ0) is 38.8. The number of phenols is 2. The van der Waals surface area contributed by atoms with Crippen LogP contribution < -0.4 is 0 Å². The summed E-state index contributed by atoms with van der Waals surface area (Å²) >= 11 is 31.3. The van der Waals surface area contributed by atoms with Gasteiger partial charge in [-0.15, -0.1) is 20.5 Å². The van der Waals surface area contributed by atoms with E-state index in [1.165, 1.54) is 36.4 Å². The van der Waals surface area contributed by atoms with Crippen molar-refractivity contribution in [2.75, 3.05) is 0 Å². The van der Waals surface area contributed by atoms with E-state index in [0.717, 1.165) is 0 Å². The topological polar surface area (TPSA) is 155 Å². The Labute approximate surface area is 337 Å². The van der Waals surface area contributed by atoms with Crippen LogP contribution >= 0.6 is 58.0 Å². The van der Waals surface area contributed by atoms with E-state index in [0.29, 0.717) is 69.9 Å². The maximum atomic E-state index is 11.2. The van der Waals surface area contributed by atoms with Gasteiger partial charge >= 0.3 is 0 Å². The van der Waals surface area contributed by atoms with Gasteiger partial charge in [0.05, 0.1) is 37.8 Å². The molecule has 15 heteroatoms. The molecule has 7 aromatic rings. The Kier molecular flexibility index (Phi) is 10.9. The normalized spacial score (nSPS) is 12.5. The minimum atomic E-state index is -0.379. The molecule has 0 atom stereocenters. The first kappa shape index (κ1) is 37.6. The standard InChI is InChI=1S/C40H23Cl5N6O4/c41-24-3-8-31(43)37(15-24)50-48-35-13-22(11-20-1-6-27(52)18-29(20)35)39(54)46-26-5-10-34(33(45)17-26)47-40(55)23-12-21-2-7-28(53)19-30(21)36(14-23)49-51-38-16-25(42)4-9-32(38)44/h1-19,52-53H,(H,46,54)(H,47,55).